The van der Waals surface area contributed by atoms with Crippen molar-refractivity contribution < 1.29 is 9.22 Å². The lowest BCUT2D eigenvalue weighted by atomic mass is 10.0. The van der Waals surface area contributed by atoms with Gasteiger partial charge in [0.1, 0.15) is 5.75 Å². The molecule has 2 aromatic carbocycles. The number of aliphatic imine (C=N–C) groups is 1. The van der Waals surface area contributed by atoms with E-state index in [1.807, 2.05) is 6.21 Å². The van der Waals surface area contributed by atoms with E-state index < -0.39 is 0 Å². The van der Waals surface area contributed by atoms with Crippen molar-refractivity contribution in [3.8, 4) is 5.75 Å². The fraction of sp³-hybridized carbons (Fsp3) is 0.618. The number of quaternary nitrogens is 1. The summed E-state index contributed by atoms with van der Waals surface area (Å²) < 4.78 is 7.03. The molecule has 0 N–H and O–H groups in total. The Labute approximate surface area is 228 Å². The van der Waals surface area contributed by atoms with Crippen molar-refractivity contribution in [3.05, 3.63) is 59.7 Å². The molecule has 0 fully saturated rings. The first kappa shape index (κ1) is 31.1. The van der Waals surface area contributed by atoms with Crippen molar-refractivity contribution in [2.24, 2.45) is 4.99 Å². The average molecular weight is 508 g/mol. The number of benzene rings is 2. The zero-order valence-corrected chi connectivity index (χ0v) is 24.5. The van der Waals surface area contributed by atoms with Gasteiger partial charge in [0.05, 0.1) is 40.0 Å². The highest BCUT2D eigenvalue weighted by atomic mass is 16.5. The number of hydrogen-bond donors (Lipinski definition) is 0. The summed E-state index contributed by atoms with van der Waals surface area (Å²) in [6, 6.07) is 17.0. The van der Waals surface area contributed by atoms with Crippen molar-refractivity contribution in [3.63, 3.8) is 0 Å². The van der Waals surface area contributed by atoms with Gasteiger partial charge in [0.25, 0.3) is 0 Å². The molecule has 0 amide bonds. The summed E-state index contributed by atoms with van der Waals surface area (Å²) in [5.74, 6) is 0.952. The van der Waals surface area contributed by atoms with Crippen LogP contribution in [0.1, 0.15) is 108 Å². The lowest BCUT2D eigenvalue weighted by Crippen LogP contribution is -2.35. The van der Waals surface area contributed by atoms with Gasteiger partial charge in [-0.25, -0.2) is 0 Å². The minimum Gasteiger partial charge on any atom is -0.494 e. The average Bonchev–Trinajstić information content (AvgIpc) is 2.89. The molecule has 3 heteroatoms. The van der Waals surface area contributed by atoms with Gasteiger partial charge in [-0.15, -0.1) is 0 Å². The third kappa shape index (κ3) is 16.4. The van der Waals surface area contributed by atoms with Gasteiger partial charge in [0.15, 0.2) is 0 Å². The van der Waals surface area contributed by atoms with E-state index in [-0.39, 0.29) is 0 Å². The number of rotatable bonds is 21. The molecule has 0 aromatic heterocycles. The molecule has 0 saturated heterocycles. The van der Waals surface area contributed by atoms with E-state index in [4.69, 9.17) is 4.74 Å². The van der Waals surface area contributed by atoms with Crippen LogP contribution >= 0.6 is 0 Å². The molecule has 0 saturated carbocycles. The smallest absolute Gasteiger partial charge is 0.119 e. The third-order valence-electron chi connectivity index (χ3n) is 6.99. The zero-order chi connectivity index (χ0) is 26.6. The van der Waals surface area contributed by atoms with E-state index in [0.717, 1.165) is 34.5 Å². The second-order valence-electron chi connectivity index (χ2n) is 11.7. The summed E-state index contributed by atoms with van der Waals surface area (Å²) in [6.45, 7) is 4.37. The van der Waals surface area contributed by atoms with Gasteiger partial charge in [0.2, 0.25) is 0 Å². The van der Waals surface area contributed by atoms with Gasteiger partial charge >= 0.3 is 0 Å². The summed E-state index contributed by atoms with van der Waals surface area (Å²) in [4.78, 5) is 4.65. The van der Waals surface area contributed by atoms with Crippen LogP contribution in [0.2, 0.25) is 0 Å². The summed E-state index contributed by atoms with van der Waals surface area (Å²) in [5, 5.41) is 0. The molecule has 2 aromatic rings. The maximum atomic E-state index is 5.94. The number of ether oxygens (including phenoxy) is 1. The first-order valence-corrected chi connectivity index (χ1v) is 15.1. The van der Waals surface area contributed by atoms with Crippen LogP contribution in [0.15, 0.2) is 53.5 Å². The monoisotopic (exact) mass is 507 g/mol. The maximum Gasteiger partial charge on any atom is 0.119 e. The second-order valence-corrected chi connectivity index (χ2v) is 11.7. The van der Waals surface area contributed by atoms with Crippen LogP contribution in [0.5, 0.6) is 5.75 Å². The standard InChI is InChI=1S/C34H55N2O/c1-5-6-7-8-13-16-19-31-20-24-33(25-21-31)35-30-32-22-26-34(27-23-32)37-29-18-15-12-10-9-11-14-17-28-36(2,3)4/h20-27,30H,5-19,28-29H2,1-4H3/q+1. The summed E-state index contributed by atoms with van der Waals surface area (Å²) in [7, 11) is 6.84. The summed E-state index contributed by atoms with van der Waals surface area (Å²) in [5.41, 5.74) is 3.53. The van der Waals surface area contributed by atoms with Gasteiger partial charge in [-0.05, 0) is 79.6 Å². The summed E-state index contributed by atoms with van der Waals surface area (Å²) >= 11 is 0. The molecule has 0 aliphatic carbocycles. The van der Waals surface area contributed by atoms with Crippen LogP contribution < -0.4 is 4.74 Å². The lowest BCUT2D eigenvalue weighted by molar-refractivity contribution is -0.870. The van der Waals surface area contributed by atoms with Gasteiger partial charge in [-0.3, -0.25) is 4.99 Å². The number of hydrogen-bond acceptors (Lipinski definition) is 2. The Kier molecular flexibility index (Phi) is 16.0. The van der Waals surface area contributed by atoms with E-state index in [1.54, 1.807) is 0 Å². The molecular formula is C34H55N2O+. The van der Waals surface area contributed by atoms with Crippen LogP contribution in [-0.2, 0) is 6.42 Å². The molecule has 0 unspecified atom stereocenters. The largest absolute Gasteiger partial charge is 0.494 e. The van der Waals surface area contributed by atoms with Crippen molar-refractivity contribution in [1.82, 2.24) is 0 Å². The number of nitrogens with zero attached hydrogens (tertiary/aromatic N) is 2. The molecule has 0 aliphatic rings. The van der Waals surface area contributed by atoms with Crippen LogP contribution in [-0.4, -0.2) is 45.0 Å². The van der Waals surface area contributed by atoms with Crippen LogP contribution in [0.25, 0.3) is 0 Å². The molecule has 0 bridgehead atoms. The normalized spacial score (nSPS) is 11.9. The fourth-order valence-electron chi connectivity index (χ4n) is 4.60. The topological polar surface area (TPSA) is 21.6 Å². The van der Waals surface area contributed by atoms with Crippen molar-refractivity contribution in [2.75, 3.05) is 34.3 Å². The number of unbranched alkanes of at least 4 members (excludes halogenated alkanes) is 12. The molecule has 0 heterocycles. The molecular weight excluding hydrogens is 452 g/mol. The highest BCUT2D eigenvalue weighted by molar-refractivity contribution is 5.82. The SMILES string of the molecule is CCCCCCCCc1ccc(N=Cc2ccc(OCCCCCCCCCC[N+](C)(C)C)cc2)cc1. The van der Waals surface area contributed by atoms with E-state index in [1.165, 1.54) is 102 Å². The first-order valence-electron chi connectivity index (χ1n) is 15.1. The highest BCUT2D eigenvalue weighted by Gasteiger charge is 2.05. The van der Waals surface area contributed by atoms with E-state index in [2.05, 4.69) is 81.6 Å². The molecule has 0 aliphatic heterocycles. The quantitative estimate of drug-likeness (QED) is 0.0936. The minimum atomic E-state index is 0.808. The van der Waals surface area contributed by atoms with Crippen molar-refractivity contribution in [1.29, 1.82) is 0 Å². The predicted octanol–water partition coefficient (Wildman–Crippen LogP) is 9.55. The second kappa shape index (κ2) is 19.0. The maximum absolute atomic E-state index is 5.94. The Morgan fingerprint density at radius 2 is 1.22 bits per heavy atom. The Balaban J connectivity index is 1.53. The van der Waals surface area contributed by atoms with Crippen LogP contribution in [0.4, 0.5) is 5.69 Å². The van der Waals surface area contributed by atoms with Crippen molar-refractivity contribution >= 4 is 11.9 Å². The van der Waals surface area contributed by atoms with E-state index in [9.17, 15) is 0 Å². The van der Waals surface area contributed by atoms with Crippen LogP contribution in [0.3, 0.4) is 0 Å². The third-order valence-corrected chi connectivity index (χ3v) is 6.99. The molecule has 3 nitrogen and oxygen atoms in total. The zero-order valence-electron chi connectivity index (χ0n) is 24.5. The predicted molar refractivity (Wildman–Crippen MR) is 163 cm³/mol. The highest BCUT2D eigenvalue weighted by Crippen LogP contribution is 2.17. The lowest BCUT2D eigenvalue weighted by Gasteiger charge is -2.23. The van der Waals surface area contributed by atoms with Gasteiger partial charge in [0, 0.05) is 6.21 Å². The van der Waals surface area contributed by atoms with Crippen molar-refractivity contribution in [2.45, 2.75) is 103 Å². The number of aryl methyl sites for hydroxylation is 1. The molecule has 0 spiro atoms. The Bertz CT molecular complexity index is 834. The van der Waals surface area contributed by atoms with Crippen LogP contribution in [0, 0.1) is 0 Å². The molecule has 0 atom stereocenters. The molecule has 2 rings (SSSR count). The fourth-order valence-corrected chi connectivity index (χ4v) is 4.60. The summed E-state index contributed by atoms with van der Waals surface area (Å²) in [6.07, 6.45) is 21.8. The Hall–Kier alpha value is -2.13. The molecule has 206 valence electrons. The van der Waals surface area contributed by atoms with E-state index >= 15 is 0 Å². The molecule has 37 heavy (non-hydrogen) atoms. The Morgan fingerprint density at radius 1 is 0.649 bits per heavy atom. The van der Waals surface area contributed by atoms with E-state index in [0.29, 0.717) is 0 Å². The Morgan fingerprint density at radius 3 is 1.84 bits per heavy atom. The van der Waals surface area contributed by atoms with Gasteiger partial charge < -0.3 is 9.22 Å². The molecule has 0 radical (unpaired) electrons. The van der Waals surface area contributed by atoms with Gasteiger partial charge in [-0.1, -0.05) is 83.3 Å². The van der Waals surface area contributed by atoms with Gasteiger partial charge in [-0.2, -0.15) is 0 Å². The first-order chi connectivity index (χ1) is 18.0. The minimum absolute atomic E-state index is 0.808.